The van der Waals surface area contributed by atoms with Crippen LogP contribution in [0.5, 0.6) is 0 Å². The Morgan fingerprint density at radius 2 is 1.79 bits per heavy atom. The molecule has 0 bridgehead atoms. The summed E-state index contributed by atoms with van der Waals surface area (Å²) in [7, 11) is 0. The molecule has 1 aromatic carbocycles. The molecule has 2 aliphatic rings. The van der Waals surface area contributed by atoms with Crippen molar-refractivity contribution in [3.05, 3.63) is 30.1 Å². The number of hydrogen-bond acceptors (Lipinski definition) is 2. The molecule has 1 aliphatic heterocycles. The lowest BCUT2D eigenvalue weighted by atomic mass is 9.86. The zero-order chi connectivity index (χ0) is 16.1. The van der Waals surface area contributed by atoms with Gasteiger partial charge in [-0.2, -0.15) is 0 Å². The molecule has 0 spiro atoms. The fourth-order valence-electron chi connectivity index (χ4n) is 3.99. The third-order valence-electron chi connectivity index (χ3n) is 5.46. The van der Waals surface area contributed by atoms with Crippen molar-refractivity contribution in [1.29, 1.82) is 0 Å². The zero-order valence-electron chi connectivity index (χ0n) is 14.3. The van der Waals surface area contributed by atoms with Gasteiger partial charge >= 0.3 is 5.91 Å². The molecule has 0 atom stereocenters. The highest BCUT2D eigenvalue weighted by molar-refractivity contribution is 5.66. The number of para-hydroxylation sites is 1. The normalized spacial score (nSPS) is 19.8. The van der Waals surface area contributed by atoms with Crippen LogP contribution in [0.1, 0.15) is 44.9 Å². The van der Waals surface area contributed by atoms with Gasteiger partial charge in [0.1, 0.15) is 18.9 Å². The standard InChI is InChI=1S/C19H27FN2O.ClH/c20-17-8-4-5-9-18(17)21-12-14-22(15-13-21)19(23)11-10-16-6-2-1-3-7-16;/h4-5,8-9,16H,1-3,6-7,10-15H2;1H. The van der Waals surface area contributed by atoms with E-state index in [4.69, 9.17) is 0 Å². The maximum absolute atomic E-state index is 13.8. The minimum Gasteiger partial charge on any atom is -1.00 e. The number of rotatable bonds is 4. The summed E-state index contributed by atoms with van der Waals surface area (Å²) in [6, 6.07) is 6.91. The predicted molar refractivity (Wildman–Crippen MR) is 90.1 cm³/mol. The lowest BCUT2D eigenvalue weighted by Crippen LogP contribution is -3.17. The van der Waals surface area contributed by atoms with Crippen molar-refractivity contribution in [3.63, 3.8) is 0 Å². The van der Waals surface area contributed by atoms with E-state index < -0.39 is 0 Å². The van der Waals surface area contributed by atoms with E-state index in [0.29, 0.717) is 11.6 Å². The van der Waals surface area contributed by atoms with E-state index in [1.165, 1.54) is 38.2 Å². The number of quaternary nitrogens is 1. The van der Waals surface area contributed by atoms with Crippen LogP contribution in [0.25, 0.3) is 0 Å². The molecule has 0 aromatic heterocycles. The number of halogens is 2. The number of anilines is 1. The Hall–Kier alpha value is -1.13. The molecule has 3 rings (SSSR count). The van der Waals surface area contributed by atoms with Crippen molar-refractivity contribution in [1.82, 2.24) is 0 Å². The van der Waals surface area contributed by atoms with Gasteiger partial charge in [-0.3, -0.25) is 4.90 Å². The van der Waals surface area contributed by atoms with Gasteiger partial charge in [0.25, 0.3) is 0 Å². The van der Waals surface area contributed by atoms with Crippen molar-refractivity contribution in [3.8, 4) is 0 Å². The molecule has 1 heterocycles. The van der Waals surface area contributed by atoms with Gasteiger partial charge in [0.05, 0.1) is 25.2 Å². The highest BCUT2D eigenvalue weighted by Gasteiger charge is 2.27. The summed E-state index contributed by atoms with van der Waals surface area (Å²) in [5.41, 5.74) is 0.668. The van der Waals surface area contributed by atoms with Crippen molar-refractivity contribution in [2.75, 3.05) is 31.1 Å². The Kier molecular flexibility index (Phi) is 7.50. The van der Waals surface area contributed by atoms with Gasteiger partial charge in [-0.1, -0.05) is 44.2 Å². The van der Waals surface area contributed by atoms with Gasteiger partial charge in [-0.05, 0) is 24.5 Å². The maximum Gasteiger partial charge on any atom is 0.312 e. The SMILES string of the molecule is O=C(CCC1CCCCC1)[NH+]1CCN(c2ccccc2F)CC1.[Cl-]. The first kappa shape index (κ1) is 19.2. The minimum absolute atomic E-state index is 0. The number of nitrogens with zero attached hydrogens (tertiary/aromatic N) is 1. The van der Waals surface area contributed by atoms with Gasteiger partial charge in [0.15, 0.2) is 0 Å². The predicted octanol–water partition coefficient (Wildman–Crippen LogP) is -0.578. The van der Waals surface area contributed by atoms with E-state index in [1.54, 1.807) is 6.07 Å². The number of benzene rings is 1. The first-order valence-electron chi connectivity index (χ1n) is 9.11. The van der Waals surface area contributed by atoms with Crippen LogP contribution in [0.15, 0.2) is 24.3 Å². The zero-order valence-corrected chi connectivity index (χ0v) is 15.0. The van der Waals surface area contributed by atoms with E-state index in [1.807, 2.05) is 12.1 Å². The summed E-state index contributed by atoms with van der Waals surface area (Å²) in [6.45, 7) is 3.09. The number of piperazine rings is 1. The van der Waals surface area contributed by atoms with Crippen LogP contribution in [-0.4, -0.2) is 32.1 Å². The van der Waals surface area contributed by atoms with Gasteiger partial charge in [-0.25, -0.2) is 9.18 Å². The molecule has 1 N–H and O–H groups in total. The molecule has 24 heavy (non-hydrogen) atoms. The highest BCUT2D eigenvalue weighted by atomic mass is 35.5. The second-order valence-corrected chi connectivity index (χ2v) is 7.01. The van der Waals surface area contributed by atoms with Crippen molar-refractivity contribution in [2.24, 2.45) is 5.92 Å². The van der Waals surface area contributed by atoms with Crippen molar-refractivity contribution in [2.45, 2.75) is 44.9 Å². The third kappa shape index (κ3) is 4.93. The smallest absolute Gasteiger partial charge is 0.312 e. The summed E-state index contributed by atoms with van der Waals surface area (Å²) in [4.78, 5) is 15.6. The summed E-state index contributed by atoms with van der Waals surface area (Å²) in [6.07, 6.45) is 8.46. The fraction of sp³-hybridized carbons (Fsp3) is 0.632. The lowest BCUT2D eigenvalue weighted by molar-refractivity contribution is -0.821. The Morgan fingerprint density at radius 1 is 1.12 bits per heavy atom. The van der Waals surface area contributed by atoms with Crippen LogP contribution in [0, 0.1) is 11.7 Å². The topological polar surface area (TPSA) is 24.8 Å². The lowest BCUT2D eigenvalue weighted by Gasteiger charge is -2.32. The van der Waals surface area contributed by atoms with Crippen LogP contribution in [-0.2, 0) is 4.79 Å². The molecule has 0 radical (unpaired) electrons. The summed E-state index contributed by atoms with van der Waals surface area (Å²) in [5, 5.41) is 0. The van der Waals surface area contributed by atoms with E-state index in [9.17, 15) is 9.18 Å². The van der Waals surface area contributed by atoms with Crippen LogP contribution in [0.2, 0.25) is 0 Å². The molecule has 0 unspecified atom stereocenters. The monoisotopic (exact) mass is 354 g/mol. The summed E-state index contributed by atoms with van der Waals surface area (Å²) in [5.74, 6) is 0.968. The molecular formula is C19H28ClFN2O. The molecule has 1 aliphatic carbocycles. The molecule has 134 valence electrons. The Balaban J connectivity index is 0.00000208. The number of carbonyl (C=O) groups is 1. The van der Waals surface area contributed by atoms with Gasteiger partial charge in [0.2, 0.25) is 0 Å². The Morgan fingerprint density at radius 3 is 2.46 bits per heavy atom. The summed E-state index contributed by atoms with van der Waals surface area (Å²) < 4.78 is 13.8. The second kappa shape index (κ2) is 9.38. The van der Waals surface area contributed by atoms with Gasteiger partial charge in [0, 0.05) is 0 Å². The van der Waals surface area contributed by atoms with Crippen LogP contribution >= 0.6 is 0 Å². The number of amides is 1. The highest BCUT2D eigenvalue weighted by Crippen LogP contribution is 2.27. The second-order valence-electron chi connectivity index (χ2n) is 7.01. The maximum atomic E-state index is 13.8. The van der Waals surface area contributed by atoms with Crippen LogP contribution in [0.4, 0.5) is 10.1 Å². The molecule has 1 amide bonds. The Labute approximate surface area is 150 Å². The van der Waals surface area contributed by atoms with Crippen molar-refractivity contribution >= 4 is 11.6 Å². The summed E-state index contributed by atoms with van der Waals surface area (Å²) >= 11 is 0. The first-order chi connectivity index (χ1) is 11.2. The molecule has 1 saturated heterocycles. The van der Waals surface area contributed by atoms with E-state index >= 15 is 0 Å². The fourth-order valence-corrected chi connectivity index (χ4v) is 3.99. The van der Waals surface area contributed by atoms with Gasteiger partial charge < -0.3 is 17.3 Å². The first-order valence-corrected chi connectivity index (χ1v) is 9.11. The van der Waals surface area contributed by atoms with E-state index in [-0.39, 0.29) is 18.2 Å². The van der Waals surface area contributed by atoms with Crippen LogP contribution < -0.4 is 22.2 Å². The average Bonchev–Trinajstić information content (AvgIpc) is 2.61. The number of carbonyl (C=O) groups excluding carboxylic acids is 1. The van der Waals surface area contributed by atoms with Crippen LogP contribution in [0.3, 0.4) is 0 Å². The van der Waals surface area contributed by atoms with Gasteiger partial charge in [-0.15, -0.1) is 0 Å². The number of hydrogen-bond donors (Lipinski definition) is 1. The quantitative estimate of drug-likeness (QED) is 0.782. The third-order valence-corrected chi connectivity index (χ3v) is 5.46. The number of nitrogens with one attached hydrogen (secondary N) is 1. The molecule has 5 heteroatoms. The molecule has 3 nitrogen and oxygen atoms in total. The molecule has 1 saturated carbocycles. The molecular weight excluding hydrogens is 327 g/mol. The minimum atomic E-state index is -0.167. The molecule has 1 aromatic rings. The largest absolute Gasteiger partial charge is 1.00 e. The Bertz CT molecular complexity index is 526. The average molecular weight is 355 g/mol. The molecule has 2 fully saturated rings. The van der Waals surface area contributed by atoms with Crippen molar-refractivity contribution < 1.29 is 26.5 Å². The van der Waals surface area contributed by atoms with E-state index in [0.717, 1.165) is 49.8 Å². The van der Waals surface area contributed by atoms with E-state index in [2.05, 4.69) is 4.90 Å².